The van der Waals surface area contributed by atoms with Crippen LogP contribution in [-0.4, -0.2) is 136 Å². The van der Waals surface area contributed by atoms with Crippen LogP contribution in [0.4, 0.5) is 23.0 Å². The van der Waals surface area contributed by atoms with Crippen molar-refractivity contribution in [2.45, 2.75) is 32.6 Å². The highest BCUT2D eigenvalue weighted by Crippen LogP contribution is 2.39. The molecule has 0 aliphatic carbocycles. The molecule has 1 atom stereocenters. The number of piperazine rings is 1. The minimum absolute atomic E-state index is 0.0220. The van der Waals surface area contributed by atoms with Crippen molar-refractivity contribution >= 4 is 44.5 Å². The Balaban J connectivity index is 0.705. The SMILES string of the molecule is CC(C)c1cc(-c2nnc(O)n2-c2ccc(OCCCC(COCCOCCN3CCN(c4ccc(Nc5ncc6ccc(-c7cccc(NS(C)(=O)=O)c7)n6n5)cc4)CC3)C(N)=O)cc2)c(O)cc1O. The lowest BCUT2D eigenvalue weighted by atomic mass is 9.98. The summed E-state index contributed by atoms with van der Waals surface area (Å²) in [7, 11) is -3.41. The van der Waals surface area contributed by atoms with Crippen LogP contribution in [-0.2, 0) is 24.3 Å². The second-order valence-corrected chi connectivity index (χ2v) is 19.4. The van der Waals surface area contributed by atoms with Gasteiger partial charge in [0.05, 0.1) is 73.9 Å². The average molecular weight is 990 g/mol. The first-order valence-corrected chi connectivity index (χ1v) is 25.2. The van der Waals surface area contributed by atoms with Crippen LogP contribution >= 0.6 is 0 Å². The van der Waals surface area contributed by atoms with Crippen molar-refractivity contribution in [2.75, 3.05) is 87.0 Å². The minimum Gasteiger partial charge on any atom is -0.508 e. The second kappa shape index (κ2) is 22.5. The molecule has 7 N–H and O–H groups in total. The van der Waals surface area contributed by atoms with Crippen molar-refractivity contribution in [1.82, 2.24) is 34.3 Å². The lowest BCUT2D eigenvalue weighted by molar-refractivity contribution is -0.124. The molecule has 4 heterocycles. The smallest absolute Gasteiger partial charge is 0.319 e. The number of amides is 1. The molecule has 1 saturated heterocycles. The van der Waals surface area contributed by atoms with Gasteiger partial charge in [-0.3, -0.25) is 14.4 Å². The molecule has 1 amide bonds. The number of nitrogens with one attached hydrogen (secondary N) is 2. The number of aromatic nitrogens is 6. The van der Waals surface area contributed by atoms with E-state index in [-0.39, 0.29) is 35.9 Å². The lowest BCUT2D eigenvalue weighted by Gasteiger charge is -2.36. The normalized spacial score (nSPS) is 13.7. The van der Waals surface area contributed by atoms with Crippen LogP contribution < -0.4 is 25.4 Å². The number of carbonyl (C=O) groups excluding carboxylic acids is 1. The average Bonchev–Trinajstić information content (AvgIpc) is 3.95. The van der Waals surface area contributed by atoms with Gasteiger partial charge in [-0.1, -0.05) is 31.1 Å². The maximum Gasteiger partial charge on any atom is 0.319 e. The van der Waals surface area contributed by atoms with Crippen molar-refractivity contribution in [3.63, 3.8) is 0 Å². The number of carbonyl (C=O) groups is 1. The third-order valence-electron chi connectivity index (χ3n) is 12.1. The van der Waals surface area contributed by atoms with Crippen LogP contribution in [0.25, 0.3) is 33.8 Å². The van der Waals surface area contributed by atoms with Gasteiger partial charge in [-0.15, -0.1) is 10.2 Å². The van der Waals surface area contributed by atoms with E-state index in [1.807, 2.05) is 44.2 Å². The van der Waals surface area contributed by atoms with Crippen LogP contribution in [0.1, 0.15) is 38.2 Å². The number of benzene rings is 4. The standard InChI is InChI=1S/C50H59N11O9S/c1-33(2)42-29-43(46(63)30-45(42)62)48-54-55-50(65)60(48)39-13-16-41(17-14-39)70-24-5-7-35(47(51)64)32-69-27-26-68-25-23-58-19-21-59(22-20-58)38-11-9-36(10-12-38)53-49-52-31-40-15-18-44(61(40)56-49)34-6-4-8-37(28-34)57-71(3,66)67/h4,6,8-18,28-31,33,35,57,62-63H,5,7,19-27,32H2,1-3H3,(H2,51,64)(H,53,56)(H,55,65). The van der Waals surface area contributed by atoms with Crippen molar-refractivity contribution in [2.24, 2.45) is 11.7 Å². The number of nitrogens with zero attached hydrogens (tertiary/aromatic N) is 8. The fraction of sp³-hybridized carbons (Fsp3) is 0.340. The Hall–Kier alpha value is -7.46. The number of nitrogens with two attached hydrogens (primary N) is 1. The molecule has 0 saturated carbocycles. The number of ether oxygens (including phenoxy) is 3. The number of anilines is 4. The van der Waals surface area contributed by atoms with Gasteiger partial charge in [-0.05, 0) is 103 Å². The van der Waals surface area contributed by atoms with Crippen LogP contribution in [0, 0.1) is 5.92 Å². The maximum absolute atomic E-state index is 12.2. The summed E-state index contributed by atoms with van der Waals surface area (Å²) in [6.45, 7) is 10.0. The number of rotatable bonds is 23. The first-order valence-electron chi connectivity index (χ1n) is 23.3. The summed E-state index contributed by atoms with van der Waals surface area (Å²) in [5.74, 6) is 0.0439. The van der Waals surface area contributed by atoms with E-state index in [0.717, 1.165) is 67.1 Å². The van der Waals surface area contributed by atoms with Crippen molar-refractivity contribution in [3.8, 4) is 51.6 Å². The topological polar surface area (TPSA) is 257 Å². The van der Waals surface area contributed by atoms with Crippen molar-refractivity contribution < 1.29 is 42.7 Å². The molecule has 20 nitrogen and oxygen atoms in total. The molecule has 1 fully saturated rings. The van der Waals surface area contributed by atoms with E-state index in [2.05, 4.69) is 47.2 Å². The van der Waals surface area contributed by atoms with Crippen LogP contribution in [0.2, 0.25) is 0 Å². The Morgan fingerprint density at radius 3 is 2.30 bits per heavy atom. The van der Waals surface area contributed by atoms with Crippen LogP contribution in [0.15, 0.2) is 103 Å². The molecule has 7 aromatic rings. The molecular formula is C50H59N11O9S. The Kier molecular flexibility index (Phi) is 15.8. The number of hydrogen-bond acceptors (Lipinski definition) is 16. The number of hydrogen-bond donors (Lipinski definition) is 6. The second-order valence-electron chi connectivity index (χ2n) is 17.6. The number of primary amides is 1. The van der Waals surface area contributed by atoms with Crippen LogP contribution in [0.3, 0.4) is 0 Å². The summed E-state index contributed by atoms with van der Waals surface area (Å²) < 4.78 is 46.8. The van der Waals surface area contributed by atoms with E-state index >= 15 is 0 Å². The summed E-state index contributed by atoms with van der Waals surface area (Å²) in [5.41, 5.74) is 12.0. The lowest BCUT2D eigenvalue weighted by Crippen LogP contribution is -2.47. The molecule has 0 spiro atoms. The predicted octanol–water partition coefficient (Wildman–Crippen LogP) is 6.12. The monoisotopic (exact) mass is 989 g/mol. The maximum atomic E-state index is 12.2. The van der Waals surface area contributed by atoms with E-state index in [0.29, 0.717) is 73.5 Å². The molecule has 8 rings (SSSR count). The summed E-state index contributed by atoms with van der Waals surface area (Å²) in [5, 5.41) is 47.4. The van der Waals surface area contributed by atoms with Gasteiger partial charge >= 0.3 is 6.01 Å². The van der Waals surface area contributed by atoms with Gasteiger partial charge in [0.1, 0.15) is 17.2 Å². The summed E-state index contributed by atoms with van der Waals surface area (Å²) >= 11 is 0. The first-order chi connectivity index (χ1) is 34.2. The largest absolute Gasteiger partial charge is 0.508 e. The zero-order valence-corrected chi connectivity index (χ0v) is 40.6. The van der Waals surface area contributed by atoms with Crippen molar-refractivity contribution in [1.29, 1.82) is 0 Å². The van der Waals surface area contributed by atoms with Gasteiger partial charge in [0.15, 0.2) is 5.82 Å². The molecule has 3 aromatic heterocycles. The van der Waals surface area contributed by atoms with E-state index in [1.54, 1.807) is 59.2 Å². The van der Waals surface area contributed by atoms with Gasteiger partial charge in [0.25, 0.3) is 0 Å². The number of phenolic OH excluding ortho intramolecular Hbond substituents is 2. The number of sulfonamides is 1. The van der Waals surface area contributed by atoms with E-state index in [9.17, 15) is 28.5 Å². The van der Waals surface area contributed by atoms with Gasteiger partial charge < -0.3 is 45.5 Å². The molecule has 374 valence electrons. The highest BCUT2D eigenvalue weighted by atomic mass is 32.2. The number of fused-ring (bicyclic) bond motifs is 1. The number of aromatic hydroxyl groups is 3. The zero-order valence-electron chi connectivity index (χ0n) is 39.8. The van der Waals surface area contributed by atoms with Gasteiger partial charge in [-0.25, -0.2) is 22.5 Å². The quantitative estimate of drug-likeness (QED) is 0.0395. The fourth-order valence-corrected chi connectivity index (χ4v) is 8.88. The Morgan fingerprint density at radius 2 is 1.56 bits per heavy atom. The molecule has 0 radical (unpaired) electrons. The molecule has 1 aliphatic rings. The first kappa shape index (κ1) is 49.9. The highest BCUT2D eigenvalue weighted by molar-refractivity contribution is 7.92. The van der Waals surface area contributed by atoms with Gasteiger partial charge in [-0.2, -0.15) is 0 Å². The molecule has 1 unspecified atom stereocenters. The van der Waals surface area contributed by atoms with Crippen LogP contribution in [0.5, 0.6) is 23.3 Å². The van der Waals surface area contributed by atoms with Crippen molar-refractivity contribution in [3.05, 3.63) is 109 Å². The van der Waals surface area contributed by atoms with Gasteiger partial charge in [0.2, 0.25) is 21.9 Å². The number of phenols is 2. The molecule has 4 aromatic carbocycles. The third kappa shape index (κ3) is 12.9. The Morgan fingerprint density at radius 1 is 0.817 bits per heavy atom. The Labute approximate surface area is 411 Å². The molecule has 0 bridgehead atoms. The fourth-order valence-electron chi connectivity index (χ4n) is 8.33. The van der Waals surface area contributed by atoms with E-state index < -0.39 is 21.8 Å². The summed E-state index contributed by atoms with van der Waals surface area (Å²) in [6.07, 6.45) is 3.92. The minimum atomic E-state index is -3.41. The summed E-state index contributed by atoms with van der Waals surface area (Å²) in [4.78, 5) is 21.4. The molecule has 1 aliphatic heterocycles. The molecular weight excluding hydrogens is 931 g/mol. The molecule has 71 heavy (non-hydrogen) atoms. The highest BCUT2D eigenvalue weighted by Gasteiger charge is 2.22. The summed E-state index contributed by atoms with van der Waals surface area (Å²) in [6, 6.07) is 28.6. The third-order valence-corrected chi connectivity index (χ3v) is 12.7. The predicted molar refractivity (Wildman–Crippen MR) is 270 cm³/mol. The Bertz CT molecular complexity index is 3030. The molecule has 21 heteroatoms. The van der Waals surface area contributed by atoms with E-state index in [1.165, 1.54) is 10.6 Å². The zero-order chi connectivity index (χ0) is 50.1. The van der Waals surface area contributed by atoms with Gasteiger partial charge in [0, 0.05) is 61.4 Å². The van der Waals surface area contributed by atoms with E-state index in [4.69, 9.17) is 25.0 Å².